The largest absolute Gasteiger partial charge is 0.504 e. The summed E-state index contributed by atoms with van der Waals surface area (Å²) in [6.07, 6.45) is 1.02. The molecule has 3 nitrogen and oxygen atoms in total. The van der Waals surface area contributed by atoms with Crippen molar-refractivity contribution in [2.24, 2.45) is 0 Å². The second kappa shape index (κ2) is 3.26. The topological polar surface area (TPSA) is 52.5 Å². The summed E-state index contributed by atoms with van der Waals surface area (Å²) in [5, 5.41) is 22.1. The van der Waals surface area contributed by atoms with E-state index in [4.69, 9.17) is 0 Å². The van der Waals surface area contributed by atoms with Crippen LogP contribution in [0, 0.1) is 0 Å². The highest BCUT2D eigenvalue weighted by atomic mass is 16.3. The van der Waals surface area contributed by atoms with E-state index in [-0.39, 0.29) is 11.5 Å². The molecule has 0 unspecified atom stereocenters. The van der Waals surface area contributed by atoms with Gasteiger partial charge >= 0.3 is 0 Å². The standard InChI is InChI=1S/C10H13NO2/c12-9-3-1-2-8(10(9)13)7-4-5-11-6-7/h1-3,7,11-13H,4-6H2/t7-/m0/s1. The van der Waals surface area contributed by atoms with E-state index < -0.39 is 0 Å². The van der Waals surface area contributed by atoms with Crippen LogP contribution in [-0.2, 0) is 0 Å². The van der Waals surface area contributed by atoms with Crippen molar-refractivity contribution in [1.82, 2.24) is 5.32 Å². The van der Waals surface area contributed by atoms with Gasteiger partial charge in [-0.1, -0.05) is 12.1 Å². The average Bonchev–Trinajstić information content (AvgIpc) is 2.62. The lowest BCUT2D eigenvalue weighted by molar-refractivity contribution is 0.396. The van der Waals surface area contributed by atoms with Gasteiger partial charge in [0, 0.05) is 18.0 Å². The minimum absolute atomic E-state index is 0.0237. The Labute approximate surface area is 77.0 Å². The second-order valence-electron chi connectivity index (χ2n) is 3.40. The molecule has 0 aromatic heterocycles. The van der Waals surface area contributed by atoms with Gasteiger partial charge in [-0.25, -0.2) is 0 Å². The quantitative estimate of drug-likeness (QED) is 0.567. The summed E-state index contributed by atoms with van der Waals surface area (Å²) < 4.78 is 0. The fraction of sp³-hybridized carbons (Fsp3) is 0.400. The van der Waals surface area contributed by atoms with Crippen molar-refractivity contribution in [2.75, 3.05) is 13.1 Å². The first-order chi connectivity index (χ1) is 6.29. The first-order valence-corrected chi connectivity index (χ1v) is 4.50. The highest BCUT2D eigenvalue weighted by Crippen LogP contribution is 2.35. The van der Waals surface area contributed by atoms with Gasteiger partial charge in [-0.2, -0.15) is 0 Å². The number of nitrogens with one attached hydrogen (secondary N) is 1. The third-order valence-electron chi connectivity index (χ3n) is 2.55. The van der Waals surface area contributed by atoms with Crippen molar-refractivity contribution in [2.45, 2.75) is 12.3 Å². The lowest BCUT2D eigenvalue weighted by atomic mass is 9.97. The fourth-order valence-corrected chi connectivity index (χ4v) is 1.80. The van der Waals surface area contributed by atoms with Crippen molar-refractivity contribution in [1.29, 1.82) is 0 Å². The molecule has 0 aliphatic carbocycles. The zero-order valence-corrected chi connectivity index (χ0v) is 7.33. The van der Waals surface area contributed by atoms with Crippen LogP contribution < -0.4 is 5.32 Å². The molecule has 1 aliphatic heterocycles. The fourth-order valence-electron chi connectivity index (χ4n) is 1.80. The molecule has 0 saturated carbocycles. The van der Waals surface area contributed by atoms with Gasteiger partial charge in [0.05, 0.1) is 0 Å². The van der Waals surface area contributed by atoms with Crippen LogP contribution in [0.25, 0.3) is 0 Å². The van der Waals surface area contributed by atoms with Crippen LogP contribution in [0.4, 0.5) is 0 Å². The average molecular weight is 179 g/mol. The summed E-state index contributed by atoms with van der Waals surface area (Å²) in [5.41, 5.74) is 0.852. The number of hydrogen-bond acceptors (Lipinski definition) is 3. The SMILES string of the molecule is Oc1cccc([C@H]2CCNC2)c1O. The van der Waals surface area contributed by atoms with Gasteiger partial charge in [0.2, 0.25) is 0 Å². The third kappa shape index (κ3) is 1.47. The number of phenolic OH excluding ortho intramolecular Hbond substituents is 2. The van der Waals surface area contributed by atoms with Crippen LogP contribution in [0.15, 0.2) is 18.2 Å². The molecule has 0 radical (unpaired) electrons. The van der Waals surface area contributed by atoms with Crippen molar-refractivity contribution >= 4 is 0 Å². The van der Waals surface area contributed by atoms with Gasteiger partial charge in [-0.3, -0.25) is 0 Å². The molecule has 0 amide bonds. The maximum atomic E-state index is 9.58. The Morgan fingerprint density at radius 1 is 1.31 bits per heavy atom. The van der Waals surface area contributed by atoms with E-state index in [1.807, 2.05) is 6.07 Å². The molecule has 0 bridgehead atoms. The molecule has 13 heavy (non-hydrogen) atoms. The number of rotatable bonds is 1. The second-order valence-corrected chi connectivity index (χ2v) is 3.40. The van der Waals surface area contributed by atoms with Crippen molar-refractivity contribution in [3.63, 3.8) is 0 Å². The van der Waals surface area contributed by atoms with Gasteiger partial charge in [0.15, 0.2) is 11.5 Å². The van der Waals surface area contributed by atoms with Crippen molar-refractivity contribution in [3.05, 3.63) is 23.8 Å². The lowest BCUT2D eigenvalue weighted by Gasteiger charge is -2.11. The summed E-state index contributed by atoms with van der Waals surface area (Å²) in [6.45, 7) is 1.87. The maximum Gasteiger partial charge on any atom is 0.161 e. The number of aromatic hydroxyl groups is 2. The van der Waals surface area contributed by atoms with Gasteiger partial charge in [-0.15, -0.1) is 0 Å². The Morgan fingerprint density at radius 2 is 2.15 bits per heavy atom. The summed E-state index contributed by atoms with van der Waals surface area (Å²) >= 11 is 0. The Balaban J connectivity index is 2.33. The van der Waals surface area contributed by atoms with E-state index in [1.54, 1.807) is 6.07 Å². The highest BCUT2D eigenvalue weighted by Gasteiger charge is 2.20. The van der Waals surface area contributed by atoms with Crippen molar-refractivity contribution in [3.8, 4) is 11.5 Å². The predicted octanol–water partition coefficient (Wildman–Crippen LogP) is 1.17. The Kier molecular flexibility index (Phi) is 2.10. The molecule has 1 aromatic rings. The molecule has 1 saturated heterocycles. The first-order valence-electron chi connectivity index (χ1n) is 4.50. The van der Waals surface area contributed by atoms with Crippen molar-refractivity contribution < 1.29 is 10.2 Å². The van der Waals surface area contributed by atoms with Crippen LogP contribution in [0.3, 0.4) is 0 Å². The zero-order chi connectivity index (χ0) is 9.26. The van der Waals surface area contributed by atoms with Gasteiger partial charge in [-0.05, 0) is 19.0 Å². The van der Waals surface area contributed by atoms with Crippen LogP contribution >= 0.6 is 0 Å². The van der Waals surface area contributed by atoms with Crippen LogP contribution in [0.5, 0.6) is 11.5 Å². The summed E-state index contributed by atoms with van der Waals surface area (Å²) in [5.74, 6) is 0.354. The van der Waals surface area contributed by atoms with E-state index in [0.29, 0.717) is 5.92 Å². The van der Waals surface area contributed by atoms with E-state index in [9.17, 15) is 10.2 Å². The molecular weight excluding hydrogens is 166 g/mol. The highest BCUT2D eigenvalue weighted by molar-refractivity contribution is 5.46. The number of phenols is 2. The number of benzene rings is 1. The smallest absolute Gasteiger partial charge is 0.161 e. The number of para-hydroxylation sites is 1. The number of hydrogen-bond donors (Lipinski definition) is 3. The summed E-state index contributed by atoms with van der Waals surface area (Å²) in [4.78, 5) is 0. The Morgan fingerprint density at radius 3 is 2.85 bits per heavy atom. The molecule has 3 N–H and O–H groups in total. The monoisotopic (exact) mass is 179 g/mol. The minimum atomic E-state index is -0.0237. The van der Waals surface area contributed by atoms with E-state index in [2.05, 4.69) is 5.32 Å². The van der Waals surface area contributed by atoms with Crippen LogP contribution in [0.1, 0.15) is 17.9 Å². The lowest BCUT2D eigenvalue weighted by Crippen LogP contribution is -2.07. The van der Waals surface area contributed by atoms with E-state index in [0.717, 1.165) is 25.1 Å². The van der Waals surface area contributed by atoms with Gasteiger partial charge < -0.3 is 15.5 Å². The molecule has 2 rings (SSSR count). The van der Waals surface area contributed by atoms with Crippen LogP contribution in [-0.4, -0.2) is 23.3 Å². The van der Waals surface area contributed by atoms with E-state index in [1.165, 1.54) is 6.07 Å². The van der Waals surface area contributed by atoms with Gasteiger partial charge in [0.25, 0.3) is 0 Å². The molecule has 0 spiro atoms. The van der Waals surface area contributed by atoms with Crippen LogP contribution in [0.2, 0.25) is 0 Å². The predicted molar refractivity (Wildman–Crippen MR) is 50.0 cm³/mol. The maximum absolute atomic E-state index is 9.58. The molecule has 1 aromatic carbocycles. The Hall–Kier alpha value is -1.22. The first kappa shape index (κ1) is 8.38. The Bertz CT molecular complexity index is 306. The molecule has 1 heterocycles. The minimum Gasteiger partial charge on any atom is -0.504 e. The molecule has 1 fully saturated rings. The molecular formula is C10H13NO2. The summed E-state index contributed by atoms with van der Waals surface area (Å²) in [6, 6.07) is 5.14. The summed E-state index contributed by atoms with van der Waals surface area (Å²) in [7, 11) is 0. The molecule has 1 aliphatic rings. The molecule has 70 valence electrons. The van der Waals surface area contributed by atoms with Gasteiger partial charge in [0.1, 0.15) is 0 Å². The molecule has 3 heteroatoms. The molecule has 1 atom stereocenters. The normalized spacial score (nSPS) is 22.0. The zero-order valence-electron chi connectivity index (χ0n) is 7.33. The third-order valence-corrected chi connectivity index (χ3v) is 2.55. The van der Waals surface area contributed by atoms with E-state index >= 15 is 0 Å².